The summed E-state index contributed by atoms with van der Waals surface area (Å²) in [4.78, 5) is 10.7. The highest BCUT2D eigenvalue weighted by molar-refractivity contribution is 6.33. The molecule has 0 amide bonds. The van der Waals surface area contributed by atoms with E-state index in [1.54, 1.807) is 6.07 Å². The van der Waals surface area contributed by atoms with E-state index in [4.69, 9.17) is 11.6 Å². The number of carbonyl (C=O) groups excluding carboxylic acids is 1. The number of benzene rings is 1. The lowest BCUT2D eigenvalue weighted by Gasteiger charge is -2.00. The Balaban J connectivity index is 2.96. The van der Waals surface area contributed by atoms with E-state index in [0.717, 1.165) is 18.4 Å². The minimum Gasteiger partial charge on any atom is -0.316 e. The predicted molar refractivity (Wildman–Crippen MR) is 59.8 cm³/mol. The maximum absolute atomic E-state index is 10.7. The average molecular weight is 210 g/mol. The van der Waals surface area contributed by atoms with Gasteiger partial charge in [0.15, 0.2) is 6.29 Å². The Labute approximate surface area is 88.6 Å². The summed E-state index contributed by atoms with van der Waals surface area (Å²) in [7, 11) is 1.86. The number of aldehydes is 1. The zero-order valence-corrected chi connectivity index (χ0v) is 8.71. The SMILES string of the molecule is CNCC=Cc1cccc(Cl)c1C=O. The zero-order valence-electron chi connectivity index (χ0n) is 7.96. The first-order chi connectivity index (χ1) is 6.79. The molecule has 2 nitrogen and oxygen atoms in total. The Hall–Kier alpha value is -1.12. The summed E-state index contributed by atoms with van der Waals surface area (Å²) >= 11 is 5.86. The average Bonchev–Trinajstić information content (AvgIpc) is 2.18. The maximum Gasteiger partial charge on any atom is 0.152 e. The predicted octanol–water partition coefficient (Wildman–Crippen LogP) is 2.39. The van der Waals surface area contributed by atoms with Gasteiger partial charge in [0, 0.05) is 12.1 Å². The molecule has 0 unspecified atom stereocenters. The van der Waals surface area contributed by atoms with Gasteiger partial charge in [-0.25, -0.2) is 0 Å². The summed E-state index contributed by atoms with van der Waals surface area (Å²) in [5.41, 5.74) is 1.39. The van der Waals surface area contributed by atoms with Crippen LogP contribution in [0.2, 0.25) is 5.02 Å². The van der Waals surface area contributed by atoms with Crippen LogP contribution in [0.1, 0.15) is 15.9 Å². The zero-order chi connectivity index (χ0) is 10.4. The van der Waals surface area contributed by atoms with Gasteiger partial charge in [0.2, 0.25) is 0 Å². The second-order valence-electron chi connectivity index (χ2n) is 2.82. The van der Waals surface area contributed by atoms with Gasteiger partial charge in [0.1, 0.15) is 0 Å². The van der Waals surface area contributed by atoms with Crippen LogP contribution in [-0.4, -0.2) is 19.9 Å². The van der Waals surface area contributed by atoms with E-state index in [2.05, 4.69) is 5.32 Å². The summed E-state index contributed by atoms with van der Waals surface area (Å²) < 4.78 is 0. The Kier molecular flexibility index (Phi) is 4.36. The smallest absolute Gasteiger partial charge is 0.152 e. The topological polar surface area (TPSA) is 29.1 Å². The summed E-state index contributed by atoms with van der Waals surface area (Å²) in [5, 5.41) is 3.47. The maximum atomic E-state index is 10.7. The van der Waals surface area contributed by atoms with Crippen molar-refractivity contribution in [2.24, 2.45) is 0 Å². The second-order valence-corrected chi connectivity index (χ2v) is 3.23. The van der Waals surface area contributed by atoms with E-state index in [0.29, 0.717) is 10.6 Å². The fourth-order valence-corrected chi connectivity index (χ4v) is 1.35. The molecular formula is C11H12ClNO. The molecule has 0 spiro atoms. The van der Waals surface area contributed by atoms with E-state index < -0.39 is 0 Å². The van der Waals surface area contributed by atoms with Crippen molar-refractivity contribution in [1.29, 1.82) is 0 Å². The van der Waals surface area contributed by atoms with E-state index in [9.17, 15) is 4.79 Å². The summed E-state index contributed by atoms with van der Waals surface area (Å²) in [6, 6.07) is 5.40. The van der Waals surface area contributed by atoms with E-state index >= 15 is 0 Å². The lowest BCUT2D eigenvalue weighted by molar-refractivity contribution is 0.112. The number of carbonyl (C=O) groups is 1. The first-order valence-corrected chi connectivity index (χ1v) is 4.72. The lowest BCUT2D eigenvalue weighted by Crippen LogP contribution is -2.03. The molecular weight excluding hydrogens is 198 g/mol. The molecule has 0 saturated heterocycles. The van der Waals surface area contributed by atoms with E-state index in [-0.39, 0.29) is 0 Å². The van der Waals surface area contributed by atoms with Crippen LogP contribution >= 0.6 is 11.6 Å². The number of nitrogens with one attached hydrogen (secondary N) is 1. The molecule has 0 aliphatic heterocycles. The molecule has 0 bridgehead atoms. The van der Waals surface area contributed by atoms with Crippen LogP contribution < -0.4 is 5.32 Å². The van der Waals surface area contributed by atoms with Crippen molar-refractivity contribution in [3.05, 3.63) is 40.4 Å². The highest BCUT2D eigenvalue weighted by atomic mass is 35.5. The minimum absolute atomic E-state index is 0.492. The first kappa shape index (κ1) is 11.0. The second kappa shape index (κ2) is 5.58. The van der Waals surface area contributed by atoms with Crippen LogP contribution in [0.3, 0.4) is 0 Å². The van der Waals surface area contributed by atoms with Gasteiger partial charge in [-0.15, -0.1) is 0 Å². The lowest BCUT2D eigenvalue weighted by atomic mass is 10.1. The highest BCUT2D eigenvalue weighted by Gasteiger charge is 2.01. The minimum atomic E-state index is 0.492. The molecule has 1 N–H and O–H groups in total. The standard InChI is InChI=1S/C11H12ClNO/c1-13-7-3-5-9-4-2-6-11(12)10(9)8-14/h2-6,8,13H,7H2,1H3. The monoisotopic (exact) mass is 209 g/mol. The van der Waals surface area contributed by atoms with Crippen LogP contribution in [0.15, 0.2) is 24.3 Å². The molecule has 0 saturated carbocycles. The number of likely N-dealkylation sites (N-methyl/N-ethyl adjacent to an activating group) is 1. The summed E-state index contributed by atoms with van der Waals surface area (Å²) in [6.07, 6.45) is 4.60. The largest absolute Gasteiger partial charge is 0.316 e. The van der Waals surface area contributed by atoms with Gasteiger partial charge in [-0.3, -0.25) is 4.79 Å². The highest BCUT2D eigenvalue weighted by Crippen LogP contribution is 2.18. The molecule has 0 aliphatic rings. The van der Waals surface area contributed by atoms with Crippen LogP contribution in [0.5, 0.6) is 0 Å². The van der Waals surface area contributed by atoms with Crippen LogP contribution in [-0.2, 0) is 0 Å². The van der Waals surface area contributed by atoms with Crippen LogP contribution in [0.4, 0.5) is 0 Å². The third kappa shape index (κ3) is 2.69. The first-order valence-electron chi connectivity index (χ1n) is 4.34. The Morgan fingerprint density at radius 2 is 2.29 bits per heavy atom. The fraction of sp³-hybridized carbons (Fsp3) is 0.182. The van der Waals surface area contributed by atoms with Crippen molar-refractivity contribution in [3.63, 3.8) is 0 Å². The number of rotatable bonds is 4. The molecule has 0 aliphatic carbocycles. The third-order valence-corrected chi connectivity index (χ3v) is 2.15. The normalized spacial score (nSPS) is 10.7. The molecule has 0 heterocycles. The number of hydrogen-bond acceptors (Lipinski definition) is 2. The molecule has 1 aromatic carbocycles. The van der Waals surface area contributed by atoms with Gasteiger partial charge in [-0.1, -0.05) is 35.9 Å². The molecule has 3 heteroatoms. The van der Waals surface area contributed by atoms with Gasteiger partial charge >= 0.3 is 0 Å². The van der Waals surface area contributed by atoms with E-state index in [1.807, 2.05) is 31.3 Å². The molecule has 0 atom stereocenters. The molecule has 1 rings (SSSR count). The summed E-state index contributed by atoms with van der Waals surface area (Å²) in [6.45, 7) is 0.769. The van der Waals surface area contributed by atoms with Crippen molar-refractivity contribution in [3.8, 4) is 0 Å². The third-order valence-electron chi connectivity index (χ3n) is 1.82. The van der Waals surface area contributed by atoms with Crippen molar-refractivity contribution >= 4 is 24.0 Å². The molecule has 0 aromatic heterocycles. The van der Waals surface area contributed by atoms with Crippen molar-refractivity contribution in [2.75, 3.05) is 13.6 Å². The molecule has 1 aromatic rings. The van der Waals surface area contributed by atoms with Crippen molar-refractivity contribution < 1.29 is 4.79 Å². The van der Waals surface area contributed by atoms with Gasteiger partial charge in [0.25, 0.3) is 0 Å². The van der Waals surface area contributed by atoms with Gasteiger partial charge < -0.3 is 5.32 Å². The fourth-order valence-electron chi connectivity index (χ4n) is 1.13. The van der Waals surface area contributed by atoms with Gasteiger partial charge in [-0.2, -0.15) is 0 Å². The molecule has 14 heavy (non-hydrogen) atoms. The van der Waals surface area contributed by atoms with Crippen molar-refractivity contribution in [2.45, 2.75) is 0 Å². The number of hydrogen-bond donors (Lipinski definition) is 1. The molecule has 0 radical (unpaired) electrons. The Morgan fingerprint density at radius 1 is 1.50 bits per heavy atom. The Morgan fingerprint density at radius 3 is 2.93 bits per heavy atom. The van der Waals surface area contributed by atoms with Crippen LogP contribution in [0.25, 0.3) is 6.08 Å². The van der Waals surface area contributed by atoms with E-state index in [1.165, 1.54) is 0 Å². The Bertz CT molecular complexity index is 347. The van der Waals surface area contributed by atoms with Gasteiger partial charge in [-0.05, 0) is 18.7 Å². The van der Waals surface area contributed by atoms with Crippen LogP contribution in [0, 0.1) is 0 Å². The molecule has 0 fully saturated rings. The quantitative estimate of drug-likeness (QED) is 0.772. The molecule has 74 valence electrons. The summed E-state index contributed by atoms with van der Waals surface area (Å²) in [5.74, 6) is 0. The van der Waals surface area contributed by atoms with Gasteiger partial charge in [0.05, 0.1) is 5.02 Å². The number of halogens is 1. The van der Waals surface area contributed by atoms with Crippen molar-refractivity contribution in [1.82, 2.24) is 5.32 Å².